The van der Waals surface area contributed by atoms with Gasteiger partial charge in [-0.1, -0.05) is 31.2 Å². The van der Waals surface area contributed by atoms with E-state index in [1.165, 1.54) is 11.1 Å². The quantitative estimate of drug-likeness (QED) is 0.765. The van der Waals surface area contributed by atoms with E-state index in [9.17, 15) is 0 Å². The van der Waals surface area contributed by atoms with Gasteiger partial charge in [0.25, 0.3) is 0 Å². The van der Waals surface area contributed by atoms with Crippen LogP contribution in [0.25, 0.3) is 0 Å². The number of hydrogen-bond acceptors (Lipinski definition) is 3. The molecule has 0 saturated heterocycles. The van der Waals surface area contributed by atoms with E-state index >= 15 is 0 Å². The third kappa shape index (κ3) is 4.41. The van der Waals surface area contributed by atoms with Crippen LogP contribution in [0, 0.1) is 6.92 Å². The van der Waals surface area contributed by atoms with E-state index in [1.54, 1.807) is 7.11 Å². The van der Waals surface area contributed by atoms with E-state index in [2.05, 4.69) is 48.3 Å². The van der Waals surface area contributed by atoms with Crippen molar-refractivity contribution in [3.63, 3.8) is 0 Å². The van der Waals surface area contributed by atoms with Gasteiger partial charge in [-0.2, -0.15) is 0 Å². The Morgan fingerprint density at radius 2 is 2.06 bits per heavy atom. The lowest BCUT2D eigenvalue weighted by Crippen LogP contribution is -2.36. The summed E-state index contributed by atoms with van der Waals surface area (Å²) in [6.45, 7) is 8.20. The normalized spacial score (nSPS) is 12.9. The summed E-state index contributed by atoms with van der Waals surface area (Å²) >= 11 is 0. The van der Waals surface area contributed by atoms with Gasteiger partial charge in [-0.05, 0) is 31.6 Å². The molecule has 1 aromatic rings. The average Bonchev–Trinajstić information content (AvgIpc) is 2.40. The number of rotatable bonds is 8. The molecule has 1 atom stereocenters. The third-order valence-electron chi connectivity index (χ3n) is 3.41. The number of likely N-dealkylation sites (N-methyl/N-ethyl adjacent to an activating group) is 2. The van der Waals surface area contributed by atoms with Crippen molar-refractivity contribution in [2.45, 2.75) is 19.9 Å². The Labute approximate surface area is 111 Å². The molecular formula is C15H26N2O. The van der Waals surface area contributed by atoms with Crippen LogP contribution >= 0.6 is 0 Å². The molecule has 0 aliphatic carbocycles. The van der Waals surface area contributed by atoms with E-state index in [-0.39, 0.29) is 0 Å². The van der Waals surface area contributed by atoms with Crippen LogP contribution in [0.1, 0.15) is 24.1 Å². The summed E-state index contributed by atoms with van der Waals surface area (Å²) in [6.07, 6.45) is 0. The Morgan fingerprint density at radius 1 is 1.33 bits per heavy atom. The van der Waals surface area contributed by atoms with Gasteiger partial charge in [0.05, 0.1) is 6.61 Å². The van der Waals surface area contributed by atoms with Crippen molar-refractivity contribution in [3.8, 4) is 0 Å². The summed E-state index contributed by atoms with van der Waals surface area (Å²) in [5, 5.41) is 3.42. The fourth-order valence-corrected chi connectivity index (χ4v) is 2.18. The Hall–Kier alpha value is -0.900. The summed E-state index contributed by atoms with van der Waals surface area (Å²) < 4.78 is 5.16. The van der Waals surface area contributed by atoms with E-state index in [0.717, 1.165) is 26.2 Å². The SMILES string of the molecule is CCN(CCOC)CC(NC)c1ccccc1C. The number of benzene rings is 1. The van der Waals surface area contributed by atoms with Crippen molar-refractivity contribution < 1.29 is 4.74 Å². The zero-order chi connectivity index (χ0) is 13.4. The molecule has 0 radical (unpaired) electrons. The van der Waals surface area contributed by atoms with Gasteiger partial charge in [-0.3, -0.25) is 4.90 Å². The van der Waals surface area contributed by atoms with Gasteiger partial charge in [0.1, 0.15) is 0 Å². The first-order valence-corrected chi connectivity index (χ1v) is 6.67. The van der Waals surface area contributed by atoms with E-state index < -0.39 is 0 Å². The zero-order valence-electron chi connectivity index (χ0n) is 12.1. The Bertz CT molecular complexity index is 341. The highest BCUT2D eigenvalue weighted by Crippen LogP contribution is 2.18. The monoisotopic (exact) mass is 250 g/mol. The molecule has 0 aromatic heterocycles. The van der Waals surface area contributed by atoms with Crippen molar-refractivity contribution in [1.29, 1.82) is 0 Å². The van der Waals surface area contributed by atoms with Gasteiger partial charge < -0.3 is 10.1 Å². The third-order valence-corrected chi connectivity index (χ3v) is 3.41. The highest BCUT2D eigenvalue weighted by atomic mass is 16.5. The first-order valence-electron chi connectivity index (χ1n) is 6.67. The topological polar surface area (TPSA) is 24.5 Å². The molecule has 1 aromatic carbocycles. The van der Waals surface area contributed by atoms with Crippen LogP contribution in [-0.4, -0.2) is 45.3 Å². The zero-order valence-corrected chi connectivity index (χ0v) is 12.1. The lowest BCUT2D eigenvalue weighted by atomic mass is 10.0. The average molecular weight is 250 g/mol. The van der Waals surface area contributed by atoms with Gasteiger partial charge in [0, 0.05) is 26.2 Å². The fourth-order valence-electron chi connectivity index (χ4n) is 2.18. The first-order chi connectivity index (χ1) is 8.72. The predicted molar refractivity (Wildman–Crippen MR) is 77.0 cm³/mol. The van der Waals surface area contributed by atoms with Crippen molar-refractivity contribution in [2.24, 2.45) is 0 Å². The highest BCUT2D eigenvalue weighted by molar-refractivity contribution is 5.28. The van der Waals surface area contributed by atoms with Crippen molar-refractivity contribution in [3.05, 3.63) is 35.4 Å². The largest absolute Gasteiger partial charge is 0.383 e. The van der Waals surface area contributed by atoms with Gasteiger partial charge in [0.2, 0.25) is 0 Å². The number of hydrogen-bond donors (Lipinski definition) is 1. The van der Waals surface area contributed by atoms with Crippen LogP contribution in [-0.2, 0) is 4.74 Å². The standard InChI is InChI=1S/C15H26N2O/c1-5-17(10-11-18-4)12-15(16-3)14-9-7-6-8-13(14)2/h6-9,15-16H,5,10-12H2,1-4H3. The van der Waals surface area contributed by atoms with Crippen LogP contribution in [0.4, 0.5) is 0 Å². The van der Waals surface area contributed by atoms with E-state index in [0.29, 0.717) is 6.04 Å². The molecule has 0 bridgehead atoms. The second-order valence-corrected chi connectivity index (χ2v) is 4.58. The molecule has 1 unspecified atom stereocenters. The van der Waals surface area contributed by atoms with Crippen LogP contribution < -0.4 is 5.32 Å². The van der Waals surface area contributed by atoms with Crippen molar-refractivity contribution in [2.75, 3.05) is 40.4 Å². The maximum absolute atomic E-state index is 5.16. The summed E-state index contributed by atoms with van der Waals surface area (Å²) in [7, 11) is 3.78. The Morgan fingerprint density at radius 3 is 2.61 bits per heavy atom. The van der Waals surface area contributed by atoms with Gasteiger partial charge >= 0.3 is 0 Å². The molecule has 0 amide bonds. The maximum Gasteiger partial charge on any atom is 0.0589 e. The minimum Gasteiger partial charge on any atom is -0.383 e. The Kier molecular flexibility index (Phi) is 6.94. The number of nitrogens with zero attached hydrogens (tertiary/aromatic N) is 1. The minimum absolute atomic E-state index is 0.378. The van der Waals surface area contributed by atoms with Crippen LogP contribution in [0.15, 0.2) is 24.3 Å². The first kappa shape index (κ1) is 15.2. The summed E-state index contributed by atoms with van der Waals surface area (Å²) in [5.74, 6) is 0. The van der Waals surface area contributed by atoms with Gasteiger partial charge in [0.15, 0.2) is 0 Å². The summed E-state index contributed by atoms with van der Waals surface area (Å²) in [6, 6.07) is 8.96. The molecule has 102 valence electrons. The van der Waals surface area contributed by atoms with E-state index in [1.807, 2.05) is 7.05 Å². The molecule has 3 nitrogen and oxygen atoms in total. The van der Waals surface area contributed by atoms with Gasteiger partial charge in [-0.15, -0.1) is 0 Å². The smallest absolute Gasteiger partial charge is 0.0589 e. The van der Waals surface area contributed by atoms with Crippen LogP contribution in [0.2, 0.25) is 0 Å². The molecule has 1 rings (SSSR count). The van der Waals surface area contributed by atoms with Crippen molar-refractivity contribution in [1.82, 2.24) is 10.2 Å². The number of ether oxygens (including phenoxy) is 1. The molecule has 0 heterocycles. The lowest BCUT2D eigenvalue weighted by Gasteiger charge is -2.27. The second kappa shape index (κ2) is 8.25. The molecule has 18 heavy (non-hydrogen) atoms. The summed E-state index contributed by atoms with van der Waals surface area (Å²) in [5.41, 5.74) is 2.73. The maximum atomic E-state index is 5.16. The van der Waals surface area contributed by atoms with E-state index in [4.69, 9.17) is 4.74 Å². The van der Waals surface area contributed by atoms with Crippen LogP contribution in [0.5, 0.6) is 0 Å². The van der Waals surface area contributed by atoms with Gasteiger partial charge in [-0.25, -0.2) is 0 Å². The summed E-state index contributed by atoms with van der Waals surface area (Å²) in [4.78, 5) is 2.41. The molecule has 0 saturated carbocycles. The highest BCUT2D eigenvalue weighted by Gasteiger charge is 2.14. The molecule has 0 spiro atoms. The molecule has 0 fully saturated rings. The fraction of sp³-hybridized carbons (Fsp3) is 0.600. The number of methoxy groups -OCH3 is 1. The molecule has 0 aliphatic rings. The predicted octanol–water partition coefficient (Wildman–Crippen LogP) is 2.22. The van der Waals surface area contributed by atoms with Crippen molar-refractivity contribution >= 4 is 0 Å². The molecular weight excluding hydrogens is 224 g/mol. The van der Waals surface area contributed by atoms with Crippen LogP contribution in [0.3, 0.4) is 0 Å². The molecule has 1 N–H and O–H groups in total. The molecule has 0 aliphatic heterocycles. The lowest BCUT2D eigenvalue weighted by molar-refractivity contribution is 0.144. The minimum atomic E-state index is 0.378. The number of aryl methyl sites for hydroxylation is 1. The Balaban J connectivity index is 2.68. The molecule has 3 heteroatoms. The second-order valence-electron chi connectivity index (χ2n) is 4.58. The number of nitrogens with one attached hydrogen (secondary N) is 1.